The molecule has 138 valence electrons. The average Bonchev–Trinajstić information content (AvgIpc) is 2.95. The fourth-order valence-electron chi connectivity index (χ4n) is 2.11. The molecule has 0 radical (unpaired) electrons. The molecule has 0 amide bonds. The number of guanidine groups is 1. The van der Waals surface area contributed by atoms with Gasteiger partial charge in [-0.3, -0.25) is 4.68 Å². The first kappa shape index (κ1) is 21.3. The van der Waals surface area contributed by atoms with E-state index < -0.39 is 11.7 Å². The number of benzene rings is 1. The van der Waals surface area contributed by atoms with E-state index in [4.69, 9.17) is 0 Å². The van der Waals surface area contributed by atoms with E-state index in [0.717, 1.165) is 17.8 Å². The van der Waals surface area contributed by atoms with Gasteiger partial charge < -0.3 is 10.6 Å². The summed E-state index contributed by atoms with van der Waals surface area (Å²) in [5.41, 5.74) is 0.810. The summed E-state index contributed by atoms with van der Waals surface area (Å²) in [5, 5.41) is 10.3. The van der Waals surface area contributed by atoms with Gasteiger partial charge in [-0.2, -0.15) is 18.3 Å². The van der Waals surface area contributed by atoms with Crippen molar-refractivity contribution in [3.05, 3.63) is 53.3 Å². The fraction of sp³-hybridized carbons (Fsp3) is 0.375. The lowest BCUT2D eigenvalue weighted by Crippen LogP contribution is -2.37. The van der Waals surface area contributed by atoms with Crippen LogP contribution in [0.5, 0.6) is 0 Å². The summed E-state index contributed by atoms with van der Waals surface area (Å²) < 4.78 is 39.9. The SMILES string of the molecule is CCNC(=NCc1cccc(C(F)(F)F)c1)NCc1ccnn1C.I. The van der Waals surface area contributed by atoms with Gasteiger partial charge in [-0.05, 0) is 30.7 Å². The van der Waals surface area contributed by atoms with Crippen LogP contribution in [0, 0.1) is 0 Å². The molecule has 1 aromatic heterocycles. The summed E-state index contributed by atoms with van der Waals surface area (Å²) in [6, 6.07) is 7.07. The Hall–Kier alpha value is -1.78. The van der Waals surface area contributed by atoms with Crippen LogP contribution in [0.25, 0.3) is 0 Å². The highest BCUT2D eigenvalue weighted by atomic mass is 127. The van der Waals surface area contributed by atoms with E-state index in [0.29, 0.717) is 24.6 Å². The molecule has 0 aliphatic rings. The molecule has 25 heavy (non-hydrogen) atoms. The van der Waals surface area contributed by atoms with E-state index in [1.165, 1.54) is 6.07 Å². The van der Waals surface area contributed by atoms with Crippen LogP contribution in [0.2, 0.25) is 0 Å². The van der Waals surface area contributed by atoms with Crippen molar-refractivity contribution in [1.29, 1.82) is 0 Å². The Balaban J connectivity index is 0.00000312. The lowest BCUT2D eigenvalue weighted by molar-refractivity contribution is -0.137. The molecule has 0 atom stereocenters. The maximum atomic E-state index is 12.7. The van der Waals surface area contributed by atoms with Crippen LogP contribution in [0.3, 0.4) is 0 Å². The predicted octanol–water partition coefficient (Wildman–Crippen LogP) is 3.31. The second kappa shape index (κ2) is 9.64. The lowest BCUT2D eigenvalue weighted by atomic mass is 10.1. The van der Waals surface area contributed by atoms with Gasteiger partial charge in [-0.15, -0.1) is 24.0 Å². The summed E-state index contributed by atoms with van der Waals surface area (Å²) >= 11 is 0. The number of rotatable bonds is 5. The van der Waals surface area contributed by atoms with Crippen molar-refractivity contribution >= 4 is 29.9 Å². The Morgan fingerprint density at radius 3 is 2.60 bits per heavy atom. The second-order valence-corrected chi connectivity index (χ2v) is 5.19. The Morgan fingerprint density at radius 1 is 1.24 bits per heavy atom. The van der Waals surface area contributed by atoms with Crippen LogP contribution in [0.4, 0.5) is 13.2 Å². The minimum Gasteiger partial charge on any atom is -0.357 e. The van der Waals surface area contributed by atoms with Gasteiger partial charge in [0.2, 0.25) is 0 Å². The van der Waals surface area contributed by atoms with E-state index in [9.17, 15) is 13.2 Å². The average molecular weight is 467 g/mol. The Morgan fingerprint density at radius 2 is 2.00 bits per heavy atom. The van der Waals surface area contributed by atoms with Crippen LogP contribution >= 0.6 is 24.0 Å². The van der Waals surface area contributed by atoms with E-state index in [1.54, 1.807) is 16.9 Å². The first-order valence-electron chi connectivity index (χ1n) is 7.55. The van der Waals surface area contributed by atoms with Gasteiger partial charge in [0.15, 0.2) is 5.96 Å². The molecule has 9 heteroatoms. The van der Waals surface area contributed by atoms with E-state index >= 15 is 0 Å². The highest BCUT2D eigenvalue weighted by Gasteiger charge is 2.30. The molecule has 0 aliphatic carbocycles. The molecule has 0 fully saturated rings. The molecule has 0 unspecified atom stereocenters. The lowest BCUT2D eigenvalue weighted by Gasteiger charge is -2.12. The van der Waals surface area contributed by atoms with Crippen molar-refractivity contribution in [3.8, 4) is 0 Å². The third-order valence-electron chi connectivity index (χ3n) is 3.38. The maximum absolute atomic E-state index is 12.7. The first-order chi connectivity index (χ1) is 11.4. The van der Waals surface area contributed by atoms with Crippen LogP contribution in [0.1, 0.15) is 23.7 Å². The number of nitrogens with one attached hydrogen (secondary N) is 2. The molecule has 0 saturated heterocycles. The van der Waals surface area contributed by atoms with Gasteiger partial charge >= 0.3 is 6.18 Å². The zero-order valence-electron chi connectivity index (χ0n) is 14.0. The number of aliphatic imine (C=N–C) groups is 1. The minimum atomic E-state index is -4.35. The molecule has 1 aromatic carbocycles. The van der Waals surface area contributed by atoms with Gasteiger partial charge in [-0.1, -0.05) is 12.1 Å². The first-order valence-corrected chi connectivity index (χ1v) is 7.55. The summed E-state index contributed by atoms with van der Waals surface area (Å²) in [5.74, 6) is 0.538. The highest BCUT2D eigenvalue weighted by Crippen LogP contribution is 2.29. The van der Waals surface area contributed by atoms with Crippen LogP contribution in [0.15, 0.2) is 41.5 Å². The van der Waals surface area contributed by atoms with Crippen LogP contribution in [-0.2, 0) is 26.3 Å². The van der Waals surface area contributed by atoms with Gasteiger partial charge in [0.1, 0.15) is 0 Å². The molecular weight excluding hydrogens is 446 g/mol. The normalized spacial score (nSPS) is 11.8. The van der Waals surface area contributed by atoms with Crippen molar-refractivity contribution < 1.29 is 13.2 Å². The Bertz CT molecular complexity index is 697. The van der Waals surface area contributed by atoms with Gasteiger partial charge in [0.25, 0.3) is 0 Å². The topological polar surface area (TPSA) is 54.2 Å². The third kappa shape index (κ3) is 6.56. The van der Waals surface area contributed by atoms with E-state index in [2.05, 4.69) is 20.7 Å². The number of aryl methyl sites for hydroxylation is 1. The maximum Gasteiger partial charge on any atom is 0.416 e. The van der Waals surface area contributed by atoms with Gasteiger partial charge in [0.05, 0.1) is 24.3 Å². The van der Waals surface area contributed by atoms with Crippen molar-refractivity contribution in [3.63, 3.8) is 0 Å². The zero-order valence-corrected chi connectivity index (χ0v) is 16.3. The number of nitrogens with zero attached hydrogens (tertiary/aromatic N) is 3. The Kier molecular flexibility index (Phi) is 8.20. The van der Waals surface area contributed by atoms with Gasteiger partial charge in [0, 0.05) is 19.8 Å². The summed E-state index contributed by atoms with van der Waals surface area (Å²) in [6.45, 7) is 3.25. The van der Waals surface area contributed by atoms with E-state index in [-0.39, 0.29) is 30.5 Å². The van der Waals surface area contributed by atoms with Crippen molar-refractivity contribution in [2.24, 2.45) is 12.0 Å². The monoisotopic (exact) mass is 467 g/mol. The molecule has 5 nitrogen and oxygen atoms in total. The van der Waals surface area contributed by atoms with Gasteiger partial charge in [-0.25, -0.2) is 4.99 Å². The van der Waals surface area contributed by atoms with Crippen molar-refractivity contribution in [1.82, 2.24) is 20.4 Å². The molecule has 2 aromatic rings. The summed E-state index contributed by atoms with van der Waals surface area (Å²) in [6.07, 6.45) is -2.65. The number of halogens is 4. The fourth-order valence-corrected chi connectivity index (χ4v) is 2.11. The van der Waals surface area contributed by atoms with E-state index in [1.807, 2.05) is 20.0 Å². The third-order valence-corrected chi connectivity index (χ3v) is 3.38. The smallest absolute Gasteiger partial charge is 0.357 e. The molecular formula is C16H21F3IN5. The molecule has 0 bridgehead atoms. The molecule has 1 heterocycles. The zero-order chi connectivity index (χ0) is 17.6. The van der Waals surface area contributed by atoms with Crippen molar-refractivity contribution in [2.45, 2.75) is 26.2 Å². The molecule has 0 spiro atoms. The number of hydrogen-bond acceptors (Lipinski definition) is 2. The minimum absolute atomic E-state index is 0. The standard InChI is InChI=1S/C16H20F3N5.HI/c1-3-20-15(22-11-14-7-8-23-24(14)2)21-10-12-5-4-6-13(9-12)16(17,18)19;/h4-9H,3,10-11H2,1-2H3,(H2,20,21,22);1H. The molecule has 2 rings (SSSR count). The number of alkyl halides is 3. The molecule has 0 saturated carbocycles. The second-order valence-electron chi connectivity index (χ2n) is 5.19. The summed E-state index contributed by atoms with van der Waals surface area (Å²) in [7, 11) is 1.84. The predicted molar refractivity (Wildman–Crippen MR) is 102 cm³/mol. The highest BCUT2D eigenvalue weighted by molar-refractivity contribution is 14.0. The number of hydrogen-bond donors (Lipinski definition) is 2. The summed E-state index contributed by atoms with van der Waals surface area (Å²) in [4.78, 5) is 4.33. The number of aromatic nitrogens is 2. The van der Waals surface area contributed by atoms with Crippen molar-refractivity contribution in [2.75, 3.05) is 6.54 Å². The quantitative estimate of drug-likeness (QED) is 0.403. The largest absolute Gasteiger partial charge is 0.416 e. The molecule has 0 aliphatic heterocycles. The van der Waals surface area contributed by atoms with Crippen LogP contribution < -0.4 is 10.6 Å². The van der Waals surface area contributed by atoms with Crippen LogP contribution in [-0.4, -0.2) is 22.3 Å². The Labute approximate surface area is 161 Å². The molecule has 2 N–H and O–H groups in total.